The average Bonchev–Trinajstić information content (AvgIpc) is 2.59. The lowest BCUT2D eigenvalue weighted by Crippen LogP contribution is -2.33. The molecule has 0 unspecified atom stereocenters. The Morgan fingerprint density at radius 2 is 1.95 bits per heavy atom. The zero-order chi connectivity index (χ0) is 14.3. The Hall–Kier alpha value is -1.10. The smallest absolute Gasteiger partial charge is 0.324 e. The number of carbonyl (C=O) groups excluding carboxylic acids is 2. The second-order valence-corrected chi connectivity index (χ2v) is 5.44. The molecule has 0 spiro atoms. The van der Waals surface area contributed by atoms with Gasteiger partial charge in [-0.25, -0.2) is 4.79 Å². The molecular formula is C14H26N2O3. The van der Waals surface area contributed by atoms with Crippen LogP contribution in [-0.2, 0) is 9.53 Å². The number of nitrogens with zero attached hydrogens (tertiary/aromatic N) is 1. The average molecular weight is 270 g/mol. The van der Waals surface area contributed by atoms with Crippen LogP contribution in [0.4, 0.5) is 4.79 Å². The van der Waals surface area contributed by atoms with Gasteiger partial charge in [0.05, 0.1) is 0 Å². The van der Waals surface area contributed by atoms with Crippen molar-refractivity contribution in [3.05, 3.63) is 0 Å². The molecule has 5 nitrogen and oxygen atoms in total. The molecule has 0 aromatic rings. The van der Waals surface area contributed by atoms with Gasteiger partial charge in [0.1, 0.15) is 6.04 Å². The Labute approximate surface area is 115 Å². The summed E-state index contributed by atoms with van der Waals surface area (Å²) in [7, 11) is 0. The fourth-order valence-electron chi connectivity index (χ4n) is 2.09. The Bertz CT molecular complexity index is 305. The van der Waals surface area contributed by atoms with Crippen LogP contribution in [-0.4, -0.2) is 42.6 Å². The Morgan fingerprint density at radius 3 is 2.58 bits per heavy atom. The van der Waals surface area contributed by atoms with Crippen LogP contribution in [0.1, 0.15) is 46.5 Å². The van der Waals surface area contributed by atoms with Crippen LogP contribution in [0, 0.1) is 5.92 Å². The Morgan fingerprint density at radius 1 is 1.26 bits per heavy atom. The molecule has 19 heavy (non-hydrogen) atoms. The lowest BCUT2D eigenvalue weighted by Gasteiger charge is -2.13. The third-order valence-electron chi connectivity index (χ3n) is 3.13. The van der Waals surface area contributed by atoms with E-state index in [9.17, 15) is 9.59 Å². The van der Waals surface area contributed by atoms with Gasteiger partial charge in [-0.05, 0) is 25.2 Å². The second-order valence-electron chi connectivity index (χ2n) is 5.44. The minimum atomic E-state index is -0.339. The van der Waals surface area contributed by atoms with Gasteiger partial charge in [-0.2, -0.15) is 0 Å². The van der Waals surface area contributed by atoms with E-state index in [4.69, 9.17) is 4.74 Å². The standard InChI is InChI=1S/C14H26N2O3/c1-4-5-8-19-9-6-7-16-13(17)12(10-11(2)3)15-14(16)18/h11-12H,4-10H2,1-3H3,(H,15,18)/t12-/m0/s1. The number of carbonyl (C=O) groups is 2. The quantitative estimate of drug-likeness (QED) is 0.516. The molecule has 0 aliphatic carbocycles. The molecule has 0 radical (unpaired) electrons. The SMILES string of the molecule is CCCCOCCCN1C(=O)N[C@@H](CC(C)C)C1=O. The van der Waals surface area contributed by atoms with Crippen molar-refractivity contribution >= 4 is 11.9 Å². The predicted molar refractivity (Wildman–Crippen MR) is 73.8 cm³/mol. The van der Waals surface area contributed by atoms with Crippen LogP contribution in [0.5, 0.6) is 0 Å². The van der Waals surface area contributed by atoms with Gasteiger partial charge in [0.15, 0.2) is 0 Å². The summed E-state index contributed by atoms with van der Waals surface area (Å²) in [5, 5.41) is 2.74. The Balaban J connectivity index is 2.26. The van der Waals surface area contributed by atoms with Gasteiger partial charge in [0.25, 0.3) is 5.91 Å². The first-order chi connectivity index (χ1) is 9.06. The fraction of sp³-hybridized carbons (Fsp3) is 0.857. The highest BCUT2D eigenvalue weighted by Crippen LogP contribution is 2.14. The van der Waals surface area contributed by atoms with E-state index >= 15 is 0 Å². The normalized spacial score (nSPS) is 19.4. The molecule has 1 saturated heterocycles. The molecule has 1 heterocycles. The topological polar surface area (TPSA) is 58.6 Å². The largest absolute Gasteiger partial charge is 0.381 e. The van der Waals surface area contributed by atoms with Gasteiger partial charge in [0, 0.05) is 19.8 Å². The van der Waals surface area contributed by atoms with Crippen molar-refractivity contribution < 1.29 is 14.3 Å². The molecule has 1 aliphatic rings. The number of ether oxygens (including phenoxy) is 1. The van der Waals surface area contributed by atoms with Gasteiger partial charge in [0.2, 0.25) is 0 Å². The number of unbranched alkanes of at least 4 members (excludes halogenated alkanes) is 1. The van der Waals surface area contributed by atoms with E-state index in [1.54, 1.807) is 0 Å². The zero-order valence-corrected chi connectivity index (χ0v) is 12.3. The summed E-state index contributed by atoms with van der Waals surface area (Å²) in [6, 6.07) is -0.599. The van der Waals surface area contributed by atoms with Gasteiger partial charge < -0.3 is 10.1 Å². The van der Waals surface area contributed by atoms with E-state index in [0.29, 0.717) is 31.9 Å². The summed E-state index contributed by atoms with van der Waals surface area (Å²) < 4.78 is 5.43. The lowest BCUT2D eigenvalue weighted by atomic mass is 10.0. The number of imide groups is 1. The first-order valence-electron chi connectivity index (χ1n) is 7.25. The lowest BCUT2D eigenvalue weighted by molar-refractivity contribution is -0.127. The molecular weight excluding hydrogens is 244 g/mol. The minimum absolute atomic E-state index is 0.0905. The van der Waals surface area contributed by atoms with Gasteiger partial charge in [-0.1, -0.05) is 27.2 Å². The van der Waals surface area contributed by atoms with Gasteiger partial charge in [-0.3, -0.25) is 9.69 Å². The molecule has 1 fully saturated rings. The van der Waals surface area contributed by atoms with E-state index in [2.05, 4.69) is 12.2 Å². The fourth-order valence-corrected chi connectivity index (χ4v) is 2.09. The highest BCUT2D eigenvalue weighted by atomic mass is 16.5. The van der Waals surface area contributed by atoms with Crippen molar-refractivity contribution in [3.8, 4) is 0 Å². The number of nitrogens with one attached hydrogen (secondary N) is 1. The number of urea groups is 1. The second kappa shape index (κ2) is 8.15. The molecule has 3 amide bonds. The molecule has 1 atom stereocenters. The van der Waals surface area contributed by atoms with E-state index < -0.39 is 0 Å². The number of rotatable bonds is 9. The monoisotopic (exact) mass is 270 g/mol. The van der Waals surface area contributed by atoms with Crippen molar-refractivity contribution in [3.63, 3.8) is 0 Å². The summed E-state index contributed by atoms with van der Waals surface area (Å²) >= 11 is 0. The summed E-state index contributed by atoms with van der Waals surface area (Å²) in [6.07, 6.45) is 3.58. The van der Waals surface area contributed by atoms with E-state index in [0.717, 1.165) is 19.4 Å². The summed E-state index contributed by atoms with van der Waals surface area (Å²) in [5.74, 6) is 0.304. The maximum Gasteiger partial charge on any atom is 0.324 e. The van der Waals surface area contributed by atoms with E-state index in [-0.39, 0.29) is 18.0 Å². The molecule has 0 saturated carbocycles. The molecule has 1 aliphatic heterocycles. The number of hydrogen-bond donors (Lipinski definition) is 1. The summed E-state index contributed by atoms with van der Waals surface area (Å²) in [4.78, 5) is 25.0. The molecule has 5 heteroatoms. The molecule has 1 N–H and O–H groups in total. The van der Waals surface area contributed by atoms with Crippen molar-refractivity contribution in [2.75, 3.05) is 19.8 Å². The summed E-state index contributed by atoms with van der Waals surface area (Å²) in [5.41, 5.74) is 0. The van der Waals surface area contributed by atoms with E-state index in [1.165, 1.54) is 4.90 Å². The van der Waals surface area contributed by atoms with Crippen molar-refractivity contribution in [2.24, 2.45) is 5.92 Å². The summed E-state index contributed by atoms with van der Waals surface area (Å²) in [6.45, 7) is 8.02. The highest BCUT2D eigenvalue weighted by Gasteiger charge is 2.37. The number of amides is 3. The molecule has 0 bridgehead atoms. The maximum absolute atomic E-state index is 12.0. The third-order valence-corrected chi connectivity index (χ3v) is 3.13. The first-order valence-corrected chi connectivity index (χ1v) is 7.25. The van der Waals surface area contributed by atoms with Gasteiger partial charge >= 0.3 is 6.03 Å². The van der Waals surface area contributed by atoms with E-state index in [1.807, 2.05) is 13.8 Å². The van der Waals surface area contributed by atoms with Crippen LogP contribution in [0.2, 0.25) is 0 Å². The van der Waals surface area contributed by atoms with Crippen molar-refractivity contribution in [1.29, 1.82) is 0 Å². The van der Waals surface area contributed by atoms with Crippen molar-refractivity contribution in [1.82, 2.24) is 10.2 Å². The Kier molecular flexibility index (Phi) is 6.84. The van der Waals surface area contributed by atoms with Crippen LogP contribution in [0.3, 0.4) is 0 Å². The maximum atomic E-state index is 12.0. The minimum Gasteiger partial charge on any atom is -0.381 e. The predicted octanol–water partition coefficient (Wildman–Crippen LogP) is 2.16. The molecule has 1 rings (SSSR count). The van der Waals surface area contributed by atoms with Crippen LogP contribution >= 0.6 is 0 Å². The van der Waals surface area contributed by atoms with Crippen LogP contribution in [0.25, 0.3) is 0 Å². The molecule has 0 aromatic carbocycles. The first kappa shape index (κ1) is 16.0. The van der Waals surface area contributed by atoms with Crippen molar-refractivity contribution in [2.45, 2.75) is 52.5 Å². The van der Waals surface area contributed by atoms with Crippen LogP contribution in [0.15, 0.2) is 0 Å². The highest BCUT2D eigenvalue weighted by molar-refractivity contribution is 6.04. The third kappa shape index (κ3) is 5.19. The molecule has 110 valence electrons. The molecule has 0 aromatic heterocycles. The van der Waals surface area contributed by atoms with Crippen LogP contribution < -0.4 is 5.32 Å². The van der Waals surface area contributed by atoms with Gasteiger partial charge in [-0.15, -0.1) is 0 Å². The number of hydrogen-bond acceptors (Lipinski definition) is 3. The zero-order valence-electron chi connectivity index (χ0n) is 12.3.